The molecule has 3 rings (SSSR count). The van der Waals surface area contributed by atoms with E-state index in [9.17, 15) is 14.7 Å². The summed E-state index contributed by atoms with van der Waals surface area (Å²) in [6.07, 6.45) is 1.24. The van der Waals surface area contributed by atoms with Crippen LogP contribution in [0.25, 0.3) is 0 Å². The van der Waals surface area contributed by atoms with Crippen molar-refractivity contribution in [3.8, 4) is 0 Å². The number of fused-ring (bicyclic) bond motifs is 2. The molecule has 0 aromatic carbocycles. The Labute approximate surface area is 129 Å². The Bertz CT molecular complexity index is 493. The zero-order valence-corrected chi connectivity index (χ0v) is 13.3. The highest BCUT2D eigenvalue weighted by atomic mass is 16.7. The first kappa shape index (κ1) is 15.6. The summed E-state index contributed by atoms with van der Waals surface area (Å²) in [4.78, 5) is 25.8. The fraction of sp³-hybridized carbons (Fsp3) is 0.867. The second-order valence-electron chi connectivity index (χ2n) is 7.25. The van der Waals surface area contributed by atoms with Crippen molar-refractivity contribution in [3.63, 3.8) is 0 Å². The fourth-order valence-corrected chi connectivity index (χ4v) is 3.74. The van der Waals surface area contributed by atoms with Crippen LogP contribution in [0.3, 0.4) is 0 Å². The average molecular weight is 313 g/mol. The number of carboxylic acids is 1. The molecule has 7 heteroatoms. The third kappa shape index (κ3) is 2.10. The molecule has 2 saturated heterocycles. The first-order valence-corrected chi connectivity index (χ1v) is 7.73. The summed E-state index contributed by atoms with van der Waals surface area (Å²) in [5.41, 5.74) is -1.94. The van der Waals surface area contributed by atoms with E-state index < -0.39 is 29.0 Å². The first-order valence-electron chi connectivity index (χ1n) is 7.73. The molecule has 3 aliphatic rings. The highest BCUT2D eigenvalue weighted by Crippen LogP contribution is 2.57. The van der Waals surface area contributed by atoms with Gasteiger partial charge >= 0.3 is 12.1 Å². The molecule has 124 valence electrons. The van der Waals surface area contributed by atoms with Gasteiger partial charge in [0.05, 0.1) is 19.8 Å². The molecular weight excluding hydrogens is 290 g/mol. The van der Waals surface area contributed by atoms with Crippen molar-refractivity contribution in [1.29, 1.82) is 0 Å². The topological polar surface area (TPSA) is 85.3 Å². The van der Waals surface area contributed by atoms with Gasteiger partial charge < -0.3 is 19.3 Å². The van der Waals surface area contributed by atoms with E-state index in [1.165, 1.54) is 4.90 Å². The minimum absolute atomic E-state index is 0.110. The fourth-order valence-electron chi connectivity index (χ4n) is 3.74. The Balaban J connectivity index is 1.91. The third-order valence-corrected chi connectivity index (χ3v) is 4.75. The van der Waals surface area contributed by atoms with E-state index in [0.29, 0.717) is 26.1 Å². The van der Waals surface area contributed by atoms with E-state index in [1.807, 2.05) is 0 Å². The molecule has 2 atom stereocenters. The van der Waals surface area contributed by atoms with E-state index in [0.717, 1.165) is 6.42 Å². The second kappa shape index (κ2) is 4.83. The molecule has 1 N–H and O–H groups in total. The van der Waals surface area contributed by atoms with Crippen LogP contribution in [-0.2, 0) is 19.0 Å². The van der Waals surface area contributed by atoms with Crippen molar-refractivity contribution in [2.75, 3.05) is 19.8 Å². The van der Waals surface area contributed by atoms with Gasteiger partial charge in [-0.2, -0.15) is 0 Å². The van der Waals surface area contributed by atoms with Crippen LogP contribution in [0.15, 0.2) is 0 Å². The Kier molecular flexibility index (Phi) is 3.41. The first-order chi connectivity index (χ1) is 10.2. The zero-order valence-electron chi connectivity index (χ0n) is 13.3. The Morgan fingerprint density at radius 3 is 2.36 bits per heavy atom. The van der Waals surface area contributed by atoms with Crippen LogP contribution in [0.4, 0.5) is 4.79 Å². The number of carboxylic acid groups (broad SMARTS) is 1. The van der Waals surface area contributed by atoms with Crippen LogP contribution >= 0.6 is 0 Å². The Morgan fingerprint density at radius 1 is 1.27 bits per heavy atom. The molecule has 1 aliphatic carbocycles. The van der Waals surface area contributed by atoms with E-state index >= 15 is 0 Å². The summed E-state index contributed by atoms with van der Waals surface area (Å²) in [6.45, 7) is 6.43. The van der Waals surface area contributed by atoms with Crippen LogP contribution in [0.5, 0.6) is 0 Å². The number of rotatable bonds is 1. The number of aliphatic carboxylic acids is 1. The summed E-state index contributed by atoms with van der Waals surface area (Å²) < 4.78 is 17.0. The van der Waals surface area contributed by atoms with Gasteiger partial charge in [-0.15, -0.1) is 0 Å². The quantitative estimate of drug-likeness (QED) is 0.791. The lowest BCUT2D eigenvalue weighted by atomic mass is 9.65. The lowest BCUT2D eigenvalue weighted by Crippen LogP contribution is -2.64. The maximum absolute atomic E-state index is 12.5. The van der Waals surface area contributed by atoms with Crippen molar-refractivity contribution in [2.24, 2.45) is 5.92 Å². The number of likely N-dealkylation sites (tertiary alicyclic amines) is 1. The number of hydrogen-bond acceptors (Lipinski definition) is 5. The number of carbonyl (C=O) groups is 2. The largest absolute Gasteiger partial charge is 0.479 e. The van der Waals surface area contributed by atoms with E-state index in [-0.39, 0.29) is 12.5 Å². The lowest BCUT2D eigenvalue weighted by Gasteiger charge is -2.49. The normalized spacial score (nSPS) is 33.2. The molecule has 7 nitrogen and oxygen atoms in total. The van der Waals surface area contributed by atoms with Crippen molar-refractivity contribution in [3.05, 3.63) is 0 Å². The molecule has 3 fully saturated rings. The van der Waals surface area contributed by atoms with Crippen molar-refractivity contribution >= 4 is 12.1 Å². The Morgan fingerprint density at radius 2 is 1.91 bits per heavy atom. The molecule has 1 unspecified atom stereocenters. The monoisotopic (exact) mass is 313 g/mol. The predicted octanol–water partition coefficient (Wildman–Crippen LogP) is 1.60. The summed E-state index contributed by atoms with van der Waals surface area (Å²) in [5, 5.41) is 9.77. The van der Waals surface area contributed by atoms with Gasteiger partial charge in [0.1, 0.15) is 5.60 Å². The molecule has 0 aromatic rings. The second-order valence-corrected chi connectivity index (χ2v) is 7.25. The minimum Gasteiger partial charge on any atom is -0.479 e. The number of amides is 1. The molecule has 0 radical (unpaired) electrons. The third-order valence-electron chi connectivity index (χ3n) is 4.75. The lowest BCUT2D eigenvalue weighted by molar-refractivity contribution is -0.290. The van der Waals surface area contributed by atoms with Crippen molar-refractivity contribution < 1.29 is 28.9 Å². The number of ether oxygens (including phenoxy) is 3. The SMILES string of the molecule is CC(C)(C)OC(=O)N1CC2(OCCCO2)C2CC[C@@]21C(=O)O. The molecule has 0 aromatic heterocycles. The molecule has 2 aliphatic heterocycles. The van der Waals surface area contributed by atoms with Crippen LogP contribution in [0, 0.1) is 5.92 Å². The van der Waals surface area contributed by atoms with E-state index in [1.54, 1.807) is 20.8 Å². The number of carbonyl (C=O) groups excluding carboxylic acids is 1. The van der Waals surface area contributed by atoms with Gasteiger partial charge in [-0.1, -0.05) is 0 Å². The van der Waals surface area contributed by atoms with Gasteiger partial charge in [-0.05, 0) is 40.0 Å². The smallest absolute Gasteiger partial charge is 0.411 e. The Hall–Kier alpha value is -1.34. The molecule has 1 spiro atoms. The van der Waals surface area contributed by atoms with Gasteiger partial charge in [-0.25, -0.2) is 9.59 Å². The standard InChI is InChI=1S/C15H23NO6/c1-13(2,3)22-12(19)16-9-15(20-7-4-8-21-15)10-5-6-14(10,16)11(17)18/h10H,4-9H2,1-3H3,(H,17,18)/t10?,14-/m0/s1. The summed E-state index contributed by atoms with van der Waals surface area (Å²) in [7, 11) is 0. The van der Waals surface area contributed by atoms with Crippen LogP contribution in [0.2, 0.25) is 0 Å². The molecule has 1 amide bonds. The summed E-state index contributed by atoms with van der Waals surface area (Å²) in [6, 6.07) is 0. The van der Waals surface area contributed by atoms with Crippen LogP contribution in [-0.4, -0.2) is 58.8 Å². The summed E-state index contributed by atoms with van der Waals surface area (Å²) >= 11 is 0. The molecule has 2 heterocycles. The highest BCUT2D eigenvalue weighted by molar-refractivity contribution is 5.87. The van der Waals surface area contributed by atoms with Gasteiger partial charge in [0.15, 0.2) is 11.3 Å². The van der Waals surface area contributed by atoms with Crippen molar-refractivity contribution in [2.45, 2.75) is 57.0 Å². The minimum atomic E-state index is -1.26. The van der Waals surface area contributed by atoms with Gasteiger partial charge in [0, 0.05) is 5.92 Å². The average Bonchev–Trinajstić information content (AvgIpc) is 2.53. The van der Waals surface area contributed by atoms with E-state index in [2.05, 4.69) is 0 Å². The zero-order chi connectivity index (χ0) is 16.2. The highest BCUT2D eigenvalue weighted by Gasteiger charge is 2.73. The molecule has 0 bridgehead atoms. The molecule has 1 saturated carbocycles. The van der Waals surface area contributed by atoms with Crippen molar-refractivity contribution in [1.82, 2.24) is 4.90 Å². The maximum Gasteiger partial charge on any atom is 0.411 e. The van der Waals surface area contributed by atoms with Crippen LogP contribution < -0.4 is 0 Å². The van der Waals surface area contributed by atoms with Gasteiger partial charge in [-0.3, -0.25) is 4.90 Å². The number of nitrogens with zero attached hydrogens (tertiary/aromatic N) is 1. The van der Waals surface area contributed by atoms with E-state index in [4.69, 9.17) is 14.2 Å². The molecule has 22 heavy (non-hydrogen) atoms. The van der Waals surface area contributed by atoms with Gasteiger partial charge in [0.25, 0.3) is 0 Å². The maximum atomic E-state index is 12.5. The number of hydrogen-bond donors (Lipinski definition) is 1. The molecular formula is C15H23NO6. The summed E-state index contributed by atoms with van der Waals surface area (Å²) in [5.74, 6) is -2.35. The van der Waals surface area contributed by atoms with Gasteiger partial charge in [0.2, 0.25) is 0 Å². The van der Waals surface area contributed by atoms with Crippen LogP contribution in [0.1, 0.15) is 40.0 Å². The predicted molar refractivity (Wildman–Crippen MR) is 75.3 cm³/mol.